The average Bonchev–Trinajstić information content (AvgIpc) is 3.11. The first-order chi connectivity index (χ1) is 16.7. The molecular weight excluding hydrogens is 469 g/mol. The molecular formula is C23H21F3N4O5. The largest absolute Gasteiger partial charge is 0.493 e. The van der Waals surface area contributed by atoms with Gasteiger partial charge in [-0.25, -0.2) is 4.79 Å². The third-order valence-corrected chi connectivity index (χ3v) is 6.49. The van der Waals surface area contributed by atoms with Crippen LogP contribution in [0.25, 0.3) is 10.8 Å². The lowest BCUT2D eigenvalue weighted by molar-refractivity contribution is -0.237. The fraction of sp³-hybridized carbons (Fsp3) is 0.391. The maximum Gasteiger partial charge on any atom is 0.493 e. The third-order valence-electron chi connectivity index (χ3n) is 6.49. The summed E-state index contributed by atoms with van der Waals surface area (Å²) in [7, 11) is 0. The van der Waals surface area contributed by atoms with Gasteiger partial charge in [-0.1, -0.05) is 12.1 Å². The molecule has 9 nitrogen and oxygen atoms in total. The summed E-state index contributed by atoms with van der Waals surface area (Å²) in [4.78, 5) is 54.9. The van der Waals surface area contributed by atoms with E-state index in [1.807, 2.05) is 6.07 Å². The Balaban J connectivity index is 1.47. The van der Waals surface area contributed by atoms with E-state index in [0.717, 1.165) is 37.0 Å². The van der Waals surface area contributed by atoms with E-state index in [0.29, 0.717) is 16.6 Å². The maximum absolute atomic E-state index is 13.3. The number of carbonyl (C=O) groups excluding carboxylic acids is 4. The second-order valence-electron chi connectivity index (χ2n) is 8.66. The Kier molecular flexibility index (Phi) is 5.62. The van der Waals surface area contributed by atoms with Crippen LogP contribution in [0.1, 0.15) is 36.0 Å². The number of piperidine rings is 2. The Morgan fingerprint density at radius 3 is 2.51 bits per heavy atom. The molecule has 2 fully saturated rings. The van der Waals surface area contributed by atoms with Crippen molar-refractivity contribution in [3.05, 3.63) is 35.9 Å². The number of nitrogens with one attached hydrogen (secondary N) is 2. The topological polar surface area (TPSA) is 108 Å². The SMILES string of the molecule is O=C1CCC(N2C(=O)c3cccc4c(NC5CCNCC5)ccc2c34)C(=O)N1OC(=O)C(F)(F)F. The van der Waals surface area contributed by atoms with E-state index in [-0.39, 0.29) is 23.9 Å². The number of alkyl halides is 3. The highest BCUT2D eigenvalue weighted by Crippen LogP contribution is 2.43. The number of hydrogen-bond donors (Lipinski definition) is 2. The molecule has 2 aromatic carbocycles. The molecule has 0 aromatic heterocycles. The van der Waals surface area contributed by atoms with Crippen LogP contribution in [0.5, 0.6) is 0 Å². The fourth-order valence-electron chi connectivity index (χ4n) is 4.84. The number of amides is 3. The van der Waals surface area contributed by atoms with Crippen molar-refractivity contribution in [1.82, 2.24) is 10.4 Å². The zero-order chi connectivity index (χ0) is 24.9. The second-order valence-corrected chi connectivity index (χ2v) is 8.66. The van der Waals surface area contributed by atoms with Gasteiger partial charge in [-0.2, -0.15) is 13.2 Å². The van der Waals surface area contributed by atoms with Crippen LogP contribution in [0.4, 0.5) is 24.5 Å². The molecule has 2 aromatic rings. The summed E-state index contributed by atoms with van der Waals surface area (Å²) in [5.41, 5.74) is 1.58. The summed E-state index contributed by atoms with van der Waals surface area (Å²) < 4.78 is 38.0. The van der Waals surface area contributed by atoms with Gasteiger partial charge in [0.2, 0.25) is 0 Å². The second kappa shape index (κ2) is 8.52. The lowest BCUT2D eigenvalue weighted by Gasteiger charge is -2.34. The number of rotatable bonds is 4. The third kappa shape index (κ3) is 3.97. The summed E-state index contributed by atoms with van der Waals surface area (Å²) in [5, 5.41) is 8.03. The summed E-state index contributed by atoms with van der Waals surface area (Å²) in [5.74, 6) is -5.49. The minimum absolute atomic E-state index is 0.117. The molecule has 3 aliphatic heterocycles. The first-order valence-corrected chi connectivity index (χ1v) is 11.2. The van der Waals surface area contributed by atoms with E-state index in [2.05, 4.69) is 15.5 Å². The molecule has 0 radical (unpaired) electrons. The zero-order valence-electron chi connectivity index (χ0n) is 18.4. The predicted octanol–water partition coefficient (Wildman–Crippen LogP) is 2.50. The molecule has 2 saturated heterocycles. The highest BCUT2D eigenvalue weighted by atomic mass is 19.4. The van der Waals surface area contributed by atoms with Gasteiger partial charge in [0.1, 0.15) is 6.04 Å². The molecule has 0 bridgehead atoms. The van der Waals surface area contributed by atoms with Crippen molar-refractivity contribution in [2.45, 2.75) is 43.9 Å². The lowest BCUT2D eigenvalue weighted by atomic mass is 10.0. The number of anilines is 2. The lowest BCUT2D eigenvalue weighted by Crippen LogP contribution is -2.56. The number of hydroxylamine groups is 2. The van der Waals surface area contributed by atoms with Crippen LogP contribution in [0.3, 0.4) is 0 Å². The molecule has 2 N–H and O–H groups in total. The number of carbonyl (C=O) groups is 4. The molecule has 3 aliphatic rings. The molecule has 35 heavy (non-hydrogen) atoms. The van der Waals surface area contributed by atoms with Crippen LogP contribution in [0, 0.1) is 0 Å². The molecule has 1 atom stereocenters. The average molecular weight is 490 g/mol. The summed E-state index contributed by atoms with van der Waals surface area (Å²) in [6.45, 7) is 1.78. The Hall–Kier alpha value is -3.67. The summed E-state index contributed by atoms with van der Waals surface area (Å²) in [6, 6.07) is 7.61. The number of nitrogens with zero attached hydrogens (tertiary/aromatic N) is 2. The number of benzene rings is 2. The van der Waals surface area contributed by atoms with E-state index in [1.165, 1.54) is 4.90 Å². The number of hydrogen-bond acceptors (Lipinski definition) is 7. The Morgan fingerprint density at radius 2 is 1.80 bits per heavy atom. The zero-order valence-corrected chi connectivity index (χ0v) is 18.4. The van der Waals surface area contributed by atoms with Crippen LogP contribution in [0.2, 0.25) is 0 Å². The van der Waals surface area contributed by atoms with Crippen LogP contribution >= 0.6 is 0 Å². The van der Waals surface area contributed by atoms with Gasteiger partial charge < -0.3 is 15.5 Å². The minimum atomic E-state index is -5.39. The first kappa shape index (κ1) is 23.1. The smallest absolute Gasteiger partial charge is 0.382 e. The molecule has 1 unspecified atom stereocenters. The van der Waals surface area contributed by atoms with E-state index < -0.39 is 35.9 Å². The molecule has 3 amide bonds. The van der Waals surface area contributed by atoms with Crippen molar-refractivity contribution in [3.8, 4) is 0 Å². The van der Waals surface area contributed by atoms with Gasteiger partial charge >= 0.3 is 12.1 Å². The van der Waals surface area contributed by atoms with Gasteiger partial charge in [0.25, 0.3) is 17.7 Å². The van der Waals surface area contributed by atoms with E-state index >= 15 is 0 Å². The van der Waals surface area contributed by atoms with Crippen molar-refractivity contribution in [3.63, 3.8) is 0 Å². The molecule has 12 heteroatoms. The summed E-state index contributed by atoms with van der Waals surface area (Å²) in [6.07, 6.45) is -4.01. The Labute approximate surface area is 197 Å². The highest BCUT2D eigenvalue weighted by Gasteiger charge is 2.49. The van der Waals surface area contributed by atoms with Gasteiger partial charge in [-0.15, -0.1) is 5.06 Å². The van der Waals surface area contributed by atoms with Gasteiger partial charge in [-0.3, -0.25) is 19.3 Å². The molecule has 184 valence electrons. The number of halogens is 3. The number of imide groups is 1. The van der Waals surface area contributed by atoms with E-state index in [4.69, 9.17) is 0 Å². The molecule has 5 rings (SSSR count). The molecule has 0 saturated carbocycles. The van der Waals surface area contributed by atoms with Gasteiger partial charge in [0.05, 0.1) is 5.69 Å². The van der Waals surface area contributed by atoms with Crippen LogP contribution in [0.15, 0.2) is 30.3 Å². The maximum atomic E-state index is 13.3. The minimum Gasteiger partial charge on any atom is -0.382 e. The summed E-state index contributed by atoms with van der Waals surface area (Å²) >= 11 is 0. The standard InChI is InChI=1S/C23H21F3N4O5/c24-23(25,26)22(34)35-30-18(31)7-6-17(21(30)33)29-16-5-4-15(28-12-8-10-27-11-9-12)13-2-1-3-14(19(13)16)20(29)32/h1-5,12,17,27-28H,6-11H2. The predicted molar refractivity (Wildman–Crippen MR) is 117 cm³/mol. The van der Waals surface area contributed by atoms with E-state index in [9.17, 15) is 32.3 Å². The molecule has 3 heterocycles. The highest BCUT2D eigenvalue weighted by molar-refractivity contribution is 6.28. The van der Waals surface area contributed by atoms with Crippen LogP contribution in [-0.4, -0.2) is 60.1 Å². The first-order valence-electron chi connectivity index (χ1n) is 11.2. The molecule has 0 aliphatic carbocycles. The Bertz CT molecular complexity index is 1240. The van der Waals surface area contributed by atoms with Crippen molar-refractivity contribution in [2.24, 2.45) is 0 Å². The monoisotopic (exact) mass is 490 g/mol. The van der Waals surface area contributed by atoms with Crippen molar-refractivity contribution < 1.29 is 37.2 Å². The van der Waals surface area contributed by atoms with Crippen molar-refractivity contribution in [1.29, 1.82) is 0 Å². The fourth-order valence-corrected chi connectivity index (χ4v) is 4.84. The van der Waals surface area contributed by atoms with Crippen molar-refractivity contribution in [2.75, 3.05) is 23.3 Å². The van der Waals surface area contributed by atoms with Gasteiger partial charge in [-0.05, 0) is 50.6 Å². The quantitative estimate of drug-likeness (QED) is 0.634. The van der Waals surface area contributed by atoms with E-state index in [1.54, 1.807) is 24.3 Å². The van der Waals surface area contributed by atoms with Crippen molar-refractivity contribution >= 4 is 45.8 Å². The van der Waals surface area contributed by atoms with Crippen LogP contribution in [-0.2, 0) is 19.2 Å². The molecule has 0 spiro atoms. The normalized spacial score (nSPS) is 21.1. The van der Waals surface area contributed by atoms with Gasteiger partial charge in [0.15, 0.2) is 0 Å². The Morgan fingerprint density at radius 1 is 1.06 bits per heavy atom. The van der Waals surface area contributed by atoms with Crippen LogP contribution < -0.4 is 15.5 Å². The van der Waals surface area contributed by atoms with Gasteiger partial charge in [0, 0.05) is 34.5 Å².